The van der Waals surface area contributed by atoms with E-state index in [0.29, 0.717) is 12.2 Å². The summed E-state index contributed by atoms with van der Waals surface area (Å²) in [5, 5.41) is 2.89. The van der Waals surface area contributed by atoms with Crippen molar-refractivity contribution in [3.8, 4) is 0 Å². The monoisotopic (exact) mass is 349 g/mol. The minimum Gasteiger partial charge on any atom is -0.462 e. The van der Waals surface area contributed by atoms with Gasteiger partial charge in [-0.1, -0.05) is 6.07 Å². The smallest absolute Gasteiger partial charge is 0.407 e. The molecular weight excluding hydrogens is 322 g/mol. The van der Waals surface area contributed by atoms with Crippen molar-refractivity contribution >= 4 is 12.1 Å². The molecule has 0 saturated heterocycles. The number of carbonyl (C=O) groups is 2. The van der Waals surface area contributed by atoms with Crippen LogP contribution in [0.4, 0.5) is 4.79 Å². The molecule has 138 valence electrons. The van der Waals surface area contributed by atoms with Gasteiger partial charge in [-0.05, 0) is 63.8 Å². The highest BCUT2D eigenvalue weighted by molar-refractivity contribution is 5.89. The predicted octanol–water partition coefficient (Wildman–Crippen LogP) is 3.39. The molecule has 6 heteroatoms. The lowest BCUT2D eigenvalue weighted by atomic mass is 9.84. The van der Waals surface area contributed by atoms with Crippen molar-refractivity contribution in [1.82, 2.24) is 5.32 Å². The highest BCUT2D eigenvalue weighted by atomic mass is 16.6. The fourth-order valence-corrected chi connectivity index (χ4v) is 3.01. The van der Waals surface area contributed by atoms with Gasteiger partial charge in [0.2, 0.25) is 0 Å². The third kappa shape index (κ3) is 4.95. The third-order valence-corrected chi connectivity index (χ3v) is 4.01. The van der Waals surface area contributed by atoms with E-state index in [1.807, 2.05) is 26.8 Å². The molecule has 0 bridgehead atoms. The summed E-state index contributed by atoms with van der Waals surface area (Å²) < 4.78 is 16.0. The first-order valence-electron chi connectivity index (χ1n) is 8.57. The summed E-state index contributed by atoms with van der Waals surface area (Å²) in [5.41, 5.74) is 1.94. The average Bonchev–Trinajstić information content (AvgIpc) is 2.52. The predicted molar refractivity (Wildman–Crippen MR) is 93.6 cm³/mol. The zero-order valence-electron chi connectivity index (χ0n) is 15.5. The number of benzene rings is 1. The van der Waals surface area contributed by atoms with Gasteiger partial charge < -0.3 is 19.5 Å². The maximum atomic E-state index is 12.1. The van der Waals surface area contributed by atoms with Gasteiger partial charge >= 0.3 is 12.1 Å². The highest BCUT2D eigenvalue weighted by Gasteiger charge is 2.32. The Morgan fingerprint density at radius 1 is 1.28 bits per heavy atom. The van der Waals surface area contributed by atoms with Crippen LogP contribution in [0.25, 0.3) is 0 Å². The second kappa shape index (κ2) is 7.87. The van der Waals surface area contributed by atoms with E-state index in [1.165, 1.54) is 0 Å². The quantitative estimate of drug-likeness (QED) is 0.844. The van der Waals surface area contributed by atoms with E-state index in [9.17, 15) is 9.59 Å². The van der Waals surface area contributed by atoms with Gasteiger partial charge in [0.25, 0.3) is 0 Å². The molecule has 2 rings (SSSR count). The largest absolute Gasteiger partial charge is 0.462 e. The molecule has 1 N–H and O–H groups in total. The van der Waals surface area contributed by atoms with E-state index in [2.05, 4.69) is 5.32 Å². The van der Waals surface area contributed by atoms with Crippen molar-refractivity contribution in [2.45, 2.75) is 58.3 Å². The van der Waals surface area contributed by atoms with Crippen LogP contribution in [0, 0.1) is 0 Å². The second-order valence-corrected chi connectivity index (χ2v) is 7.08. The molecule has 6 nitrogen and oxygen atoms in total. The van der Waals surface area contributed by atoms with E-state index in [-0.39, 0.29) is 18.1 Å². The molecular formula is C19H27NO5. The highest BCUT2D eigenvalue weighted by Crippen LogP contribution is 2.33. The topological polar surface area (TPSA) is 73.9 Å². The summed E-state index contributed by atoms with van der Waals surface area (Å²) in [6.45, 7) is 7.56. The first-order valence-corrected chi connectivity index (χ1v) is 8.57. The molecule has 0 aliphatic heterocycles. The van der Waals surface area contributed by atoms with Crippen LogP contribution < -0.4 is 5.32 Å². The molecule has 1 aromatic carbocycles. The summed E-state index contributed by atoms with van der Waals surface area (Å²) in [6.07, 6.45) is 0.720. The number of esters is 1. The zero-order chi connectivity index (χ0) is 18.6. The van der Waals surface area contributed by atoms with Crippen LogP contribution in [0.15, 0.2) is 18.2 Å². The average molecular weight is 349 g/mol. The van der Waals surface area contributed by atoms with Crippen molar-refractivity contribution in [2.24, 2.45) is 0 Å². The van der Waals surface area contributed by atoms with Crippen molar-refractivity contribution in [1.29, 1.82) is 0 Å². The summed E-state index contributed by atoms with van der Waals surface area (Å²) in [5.74, 6) is -0.359. The first kappa shape index (κ1) is 19.2. The van der Waals surface area contributed by atoms with Crippen LogP contribution in [0.5, 0.6) is 0 Å². The number of amides is 1. The van der Waals surface area contributed by atoms with Crippen molar-refractivity contribution in [3.63, 3.8) is 0 Å². The fraction of sp³-hybridized carbons (Fsp3) is 0.579. The molecule has 1 amide bonds. The van der Waals surface area contributed by atoms with Gasteiger partial charge in [-0.3, -0.25) is 0 Å². The fourth-order valence-electron chi connectivity index (χ4n) is 3.01. The van der Waals surface area contributed by atoms with E-state index in [1.54, 1.807) is 26.2 Å². The SMILES string of the molecule is CCOC(=O)c1ccc2c(c1)[C@H](OC)C(NC(=O)OC(C)(C)C)CC2. The van der Waals surface area contributed by atoms with Gasteiger partial charge in [-0.2, -0.15) is 0 Å². The number of methoxy groups -OCH3 is 1. The number of hydrogen-bond acceptors (Lipinski definition) is 5. The Kier molecular flexibility index (Phi) is 6.06. The zero-order valence-corrected chi connectivity index (χ0v) is 15.5. The van der Waals surface area contributed by atoms with Gasteiger partial charge in [0.1, 0.15) is 11.7 Å². The molecule has 1 aliphatic carbocycles. The molecule has 25 heavy (non-hydrogen) atoms. The third-order valence-electron chi connectivity index (χ3n) is 4.01. The van der Waals surface area contributed by atoms with Crippen LogP contribution in [-0.2, 0) is 20.6 Å². The number of fused-ring (bicyclic) bond motifs is 1. The van der Waals surface area contributed by atoms with E-state index < -0.39 is 11.7 Å². The maximum absolute atomic E-state index is 12.1. The van der Waals surface area contributed by atoms with Gasteiger partial charge in [0, 0.05) is 7.11 Å². The van der Waals surface area contributed by atoms with Crippen LogP contribution in [0.2, 0.25) is 0 Å². The Balaban J connectivity index is 2.20. The number of carbonyl (C=O) groups excluding carboxylic acids is 2. The Hall–Kier alpha value is -2.08. The Morgan fingerprint density at radius 2 is 2.00 bits per heavy atom. The number of alkyl carbamates (subject to hydrolysis) is 1. The minimum absolute atomic E-state index is 0.218. The molecule has 2 atom stereocenters. The van der Waals surface area contributed by atoms with Gasteiger partial charge in [0.05, 0.1) is 18.2 Å². The number of hydrogen-bond donors (Lipinski definition) is 1. The normalized spacial score (nSPS) is 19.7. The number of ether oxygens (including phenoxy) is 3. The lowest BCUT2D eigenvalue weighted by Gasteiger charge is -2.34. The Morgan fingerprint density at radius 3 is 2.60 bits per heavy atom. The minimum atomic E-state index is -0.559. The van der Waals surface area contributed by atoms with Gasteiger partial charge in [-0.25, -0.2) is 9.59 Å². The van der Waals surface area contributed by atoms with Crippen LogP contribution >= 0.6 is 0 Å². The van der Waals surface area contributed by atoms with Crippen LogP contribution in [0.3, 0.4) is 0 Å². The Bertz CT molecular complexity index is 635. The number of rotatable bonds is 4. The lowest BCUT2D eigenvalue weighted by molar-refractivity contribution is 0.0288. The summed E-state index contributed by atoms with van der Waals surface area (Å²) in [4.78, 5) is 24.1. The first-order chi connectivity index (χ1) is 11.7. The standard InChI is InChI=1S/C19H27NO5/c1-6-24-17(21)13-8-7-12-9-10-15(16(23-5)14(12)11-13)20-18(22)25-19(2,3)4/h7-8,11,15-16H,6,9-10H2,1-5H3,(H,20,22)/t15?,16-/m0/s1. The Labute approximate surface area is 148 Å². The van der Waals surface area contributed by atoms with E-state index in [0.717, 1.165) is 24.0 Å². The molecule has 1 aliphatic rings. The van der Waals surface area contributed by atoms with Crippen molar-refractivity contribution in [2.75, 3.05) is 13.7 Å². The summed E-state index contributed by atoms with van der Waals surface area (Å²) >= 11 is 0. The van der Waals surface area contributed by atoms with Crippen molar-refractivity contribution in [3.05, 3.63) is 34.9 Å². The number of nitrogens with one attached hydrogen (secondary N) is 1. The van der Waals surface area contributed by atoms with Crippen LogP contribution in [-0.4, -0.2) is 37.4 Å². The molecule has 0 heterocycles. The molecule has 0 spiro atoms. The molecule has 1 aromatic rings. The van der Waals surface area contributed by atoms with Crippen LogP contribution in [0.1, 0.15) is 61.7 Å². The summed E-state index contributed by atoms with van der Waals surface area (Å²) in [6, 6.07) is 5.28. The molecule has 1 unspecified atom stereocenters. The van der Waals surface area contributed by atoms with E-state index >= 15 is 0 Å². The number of aryl methyl sites for hydroxylation is 1. The van der Waals surface area contributed by atoms with Gasteiger partial charge in [-0.15, -0.1) is 0 Å². The lowest BCUT2D eigenvalue weighted by Crippen LogP contribution is -2.44. The second-order valence-electron chi connectivity index (χ2n) is 7.08. The van der Waals surface area contributed by atoms with Crippen molar-refractivity contribution < 1.29 is 23.8 Å². The maximum Gasteiger partial charge on any atom is 0.407 e. The molecule has 0 aromatic heterocycles. The van der Waals surface area contributed by atoms with Gasteiger partial charge in [0.15, 0.2) is 0 Å². The molecule has 0 radical (unpaired) electrons. The molecule has 0 saturated carbocycles. The summed E-state index contributed by atoms with van der Waals surface area (Å²) in [7, 11) is 1.60. The molecule has 0 fully saturated rings. The van der Waals surface area contributed by atoms with E-state index in [4.69, 9.17) is 14.2 Å².